The quantitative estimate of drug-likeness (QED) is 0.782. The van der Waals surface area contributed by atoms with Crippen LogP contribution in [0.15, 0.2) is 36.7 Å². The molecule has 0 amide bonds. The molecule has 1 aliphatic carbocycles. The fourth-order valence-corrected chi connectivity index (χ4v) is 2.69. The normalized spacial score (nSPS) is 20.0. The third-order valence-corrected chi connectivity index (χ3v) is 3.67. The number of aliphatic hydroxyl groups is 1. The maximum absolute atomic E-state index is 13.5. The van der Waals surface area contributed by atoms with Crippen molar-refractivity contribution in [1.29, 1.82) is 0 Å². The smallest absolute Gasteiger partial charge is 0.127 e. The summed E-state index contributed by atoms with van der Waals surface area (Å²) in [5, 5.41) is 16.5. The minimum Gasteiger partial charge on any atom is -0.384 e. The van der Waals surface area contributed by atoms with Crippen molar-refractivity contribution < 1.29 is 9.50 Å². The highest BCUT2D eigenvalue weighted by Crippen LogP contribution is 2.33. The lowest BCUT2D eigenvalue weighted by Crippen LogP contribution is -2.37. The van der Waals surface area contributed by atoms with E-state index in [9.17, 15) is 9.50 Å². The maximum atomic E-state index is 13.5. The molecule has 0 radical (unpaired) electrons. The minimum atomic E-state index is -0.716. The van der Waals surface area contributed by atoms with Crippen LogP contribution in [0.2, 0.25) is 0 Å². The Kier molecular flexibility index (Phi) is 3.25. The van der Waals surface area contributed by atoms with E-state index < -0.39 is 6.10 Å². The zero-order valence-electron chi connectivity index (χ0n) is 10.6. The molecule has 19 heavy (non-hydrogen) atoms. The van der Waals surface area contributed by atoms with Crippen LogP contribution in [0.3, 0.4) is 0 Å². The molecule has 0 spiro atoms. The Hall–Kier alpha value is -1.81. The van der Waals surface area contributed by atoms with Crippen molar-refractivity contribution in [3.05, 3.63) is 53.6 Å². The molecule has 0 bridgehead atoms. The number of allylic oxidation sites excluding steroid dienone is 2. The molecule has 4 heteroatoms. The van der Waals surface area contributed by atoms with Gasteiger partial charge in [-0.1, -0.05) is 12.1 Å². The first-order chi connectivity index (χ1) is 9.25. The van der Waals surface area contributed by atoms with E-state index in [1.54, 1.807) is 18.5 Å². The Bertz CT molecular complexity index is 531. The summed E-state index contributed by atoms with van der Waals surface area (Å²) in [6, 6.07) is 4.61. The van der Waals surface area contributed by atoms with Gasteiger partial charge in [0.1, 0.15) is 18.1 Å². The van der Waals surface area contributed by atoms with E-state index >= 15 is 0 Å². The summed E-state index contributed by atoms with van der Waals surface area (Å²) < 4.78 is 13.5. The summed E-state index contributed by atoms with van der Waals surface area (Å²) in [5.41, 5.74) is 2.74. The first-order valence-electron chi connectivity index (χ1n) is 6.60. The van der Waals surface area contributed by atoms with Crippen LogP contribution >= 0.6 is 0 Å². The Morgan fingerprint density at radius 3 is 2.74 bits per heavy atom. The molecule has 0 saturated heterocycles. The van der Waals surface area contributed by atoms with Crippen molar-refractivity contribution >= 4 is 5.57 Å². The van der Waals surface area contributed by atoms with Gasteiger partial charge in [-0.15, -0.1) is 0 Å². The fourth-order valence-electron chi connectivity index (χ4n) is 2.69. The van der Waals surface area contributed by atoms with Gasteiger partial charge in [0.05, 0.1) is 0 Å². The lowest BCUT2D eigenvalue weighted by Gasteiger charge is -2.23. The second kappa shape index (κ2) is 5.05. The molecule has 100 valence electrons. The maximum Gasteiger partial charge on any atom is 0.127 e. The second-order valence-electron chi connectivity index (χ2n) is 4.94. The third kappa shape index (κ3) is 2.36. The topological polar surface area (TPSA) is 44.3 Å². The molecular formula is C15H17FN2O. The Morgan fingerprint density at radius 1 is 1.26 bits per heavy atom. The van der Waals surface area contributed by atoms with Crippen LogP contribution in [0.1, 0.15) is 36.5 Å². The molecule has 1 atom stereocenters. The van der Waals surface area contributed by atoms with Crippen molar-refractivity contribution in [2.45, 2.75) is 31.5 Å². The summed E-state index contributed by atoms with van der Waals surface area (Å²) in [6.07, 6.45) is 7.76. The monoisotopic (exact) mass is 260 g/mol. The number of hydrogen-bond donors (Lipinski definition) is 3. The molecule has 3 N–H and O–H groups in total. The molecule has 3 rings (SSSR count). The van der Waals surface area contributed by atoms with Gasteiger partial charge in [-0.3, -0.25) is 0 Å². The van der Waals surface area contributed by atoms with Gasteiger partial charge >= 0.3 is 0 Å². The number of aliphatic hydroxyl groups excluding tert-OH is 1. The van der Waals surface area contributed by atoms with Gasteiger partial charge in [-0.2, -0.15) is 0 Å². The molecule has 1 unspecified atom stereocenters. The largest absolute Gasteiger partial charge is 0.384 e. The van der Waals surface area contributed by atoms with E-state index in [-0.39, 0.29) is 12.0 Å². The number of hydrogen-bond acceptors (Lipinski definition) is 3. The molecular weight excluding hydrogens is 243 g/mol. The van der Waals surface area contributed by atoms with Crippen molar-refractivity contribution in [3.8, 4) is 0 Å². The van der Waals surface area contributed by atoms with Gasteiger partial charge in [-0.25, -0.2) is 4.39 Å². The first-order valence-corrected chi connectivity index (χ1v) is 6.60. The third-order valence-electron chi connectivity index (χ3n) is 3.67. The summed E-state index contributed by atoms with van der Waals surface area (Å²) in [6.45, 7) is 0. The number of nitrogens with one attached hydrogen (secondary N) is 2. The molecule has 3 nitrogen and oxygen atoms in total. The van der Waals surface area contributed by atoms with Crippen molar-refractivity contribution in [2.24, 2.45) is 0 Å². The van der Waals surface area contributed by atoms with Crippen molar-refractivity contribution in [1.82, 2.24) is 10.6 Å². The van der Waals surface area contributed by atoms with Crippen molar-refractivity contribution in [3.63, 3.8) is 0 Å². The van der Waals surface area contributed by atoms with Crippen LogP contribution in [0, 0.1) is 5.82 Å². The molecule has 0 aromatic heterocycles. The zero-order valence-corrected chi connectivity index (χ0v) is 10.6. The first kappa shape index (κ1) is 12.2. The van der Waals surface area contributed by atoms with E-state index in [1.165, 1.54) is 12.1 Å². The Labute approximate surface area is 111 Å². The predicted octanol–water partition coefficient (Wildman–Crippen LogP) is 2.42. The van der Waals surface area contributed by atoms with Crippen LogP contribution in [0.25, 0.3) is 5.57 Å². The molecule has 1 aromatic rings. The van der Waals surface area contributed by atoms with Gasteiger partial charge in [0, 0.05) is 12.4 Å². The van der Waals surface area contributed by atoms with Crippen LogP contribution in [0.4, 0.5) is 4.39 Å². The number of rotatable bonds is 3. The lowest BCUT2D eigenvalue weighted by atomic mass is 9.94. The van der Waals surface area contributed by atoms with E-state index in [4.69, 9.17) is 0 Å². The zero-order chi connectivity index (χ0) is 13.2. The highest BCUT2D eigenvalue weighted by atomic mass is 19.1. The highest BCUT2D eigenvalue weighted by Gasteiger charge is 2.25. The van der Waals surface area contributed by atoms with Gasteiger partial charge in [-0.05, 0) is 48.1 Å². The van der Waals surface area contributed by atoms with Crippen molar-refractivity contribution in [2.75, 3.05) is 0 Å². The molecule has 0 saturated carbocycles. The average Bonchev–Trinajstić information content (AvgIpc) is 3.11. The molecule has 0 fully saturated rings. The SMILES string of the molecule is OC(c1ccc(F)cc1C1=CCCC1)C1NC=CN1. The Balaban J connectivity index is 1.95. The van der Waals surface area contributed by atoms with E-state index in [0.717, 1.165) is 36.0 Å². The fraction of sp³-hybridized carbons (Fsp3) is 0.333. The summed E-state index contributed by atoms with van der Waals surface area (Å²) in [4.78, 5) is 0. The number of benzene rings is 1. The van der Waals surface area contributed by atoms with Gasteiger partial charge in [0.2, 0.25) is 0 Å². The van der Waals surface area contributed by atoms with E-state index in [1.807, 2.05) is 0 Å². The number of halogens is 1. The molecule has 2 aliphatic rings. The van der Waals surface area contributed by atoms with Crippen LogP contribution in [-0.4, -0.2) is 11.3 Å². The summed E-state index contributed by atoms with van der Waals surface area (Å²) in [5.74, 6) is -0.260. The lowest BCUT2D eigenvalue weighted by molar-refractivity contribution is 0.130. The van der Waals surface area contributed by atoms with Gasteiger partial charge in [0.25, 0.3) is 0 Å². The second-order valence-corrected chi connectivity index (χ2v) is 4.94. The summed E-state index contributed by atoms with van der Waals surface area (Å²) >= 11 is 0. The standard InChI is InChI=1S/C15H17FN2O/c16-11-5-6-12(14(19)15-17-7-8-18-15)13(9-11)10-3-1-2-4-10/h3,5-9,14-15,17-19H,1-2,4H2. The Morgan fingerprint density at radius 2 is 2.05 bits per heavy atom. The summed E-state index contributed by atoms with van der Waals surface area (Å²) in [7, 11) is 0. The van der Waals surface area contributed by atoms with Gasteiger partial charge < -0.3 is 15.7 Å². The van der Waals surface area contributed by atoms with Crippen LogP contribution in [-0.2, 0) is 0 Å². The van der Waals surface area contributed by atoms with E-state index in [0.29, 0.717) is 0 Å². The minimum absolute atomic E-state index is 0.258. The van der Waals surface area contributed by atoms with Crippen LogP contribution < -0.4 is 10.6 Å². The molecule has 1 heterocycles. The highest BCUT2D eigenvalue weighted by molar-refractivity contribution is 5.70. The predicted molar refractivity (Wildman–Crippen MR) is 72.4 cm³/mol. The average molecular weight is 260 g/mol. The van der Waals surface area contributed by atoms with Crippen LogP contribution in [0.5, 0.6) is 0 Å². The van der Waals surface area contributed by atoms with E-state index in [2.05, 4.69) is 16.7 Å². The molecule has 1 aliphatic heterocycles. The van der Waals surface area contributed by atoms with Gasteiger partial charge in [0.15, 0.2) is 0 Å². The molecule has 1 aromatic carbocycles.